The molecule has 0 unspecified atom stereocenters. The number of nitrogens with one attached hydrogen (secondary N) is 2. The molecule has 2 aromatic rings. The van der Waals surface area contributed by atoms with Gasteiger partial charge in [-0.2, -0.15) is 0 Å². The zero-order valence-electron chi connectivity index (χ0n) is 11.5. The first-order valence-electron chi connectivity index (χ1n) is 6.70. The van der Waals surface area contributed by atoms with E-state index in [2.05, 4.69) is 51.8 Å². The van der Waals surface area contributed by atoms with Gasteiger partial charge in [0, 0.05) is 19.2 Å². The maximum absolute atomic E-state index is 4.23. The Morgan fingerprint density at radius 3 is 2.32 bits per heavy atom. The van der Waals surface area contributed by atoms with Crippen molar-refractivity contribution in [2.75, 3.05) is 17.2 Å². The summed E-state index contributed by atoms with van der Waals surface area (Å²) in [6.07, 6.45) is 2.62. The predicted molar refractivity (Wildman–Crippen MR) is 79.3 cm³/mol. The third kappa shape index (κ3) is 3.68. The Morgan fingerprint density at radius 1 is 0.947 bits per heavy atom. The van der Waals surface area contributed by atoms with Crippen LogP contribution in [-0.4, -0.2) is 16.5 Å². The van der Waals surface area contributed by atoms with Crippen LogP contribution in [0.3, 0.4) is 0 Å². The van der Waals surface area contributed by atoms with E-state index in [9.17, 15) is 0 Å². The Balaban J connectivity index is 2.03. The molecule has 1 heterocycles. The predicted octanol–water partition coefficient (Wildman–Crippen LogP) is 3.08. The fourth-order valence-corrected chi connectivity index (χ4v) is 1.99. The van der Waals surface area contributed by atoms with E-state index in [4.69, 9.17) is 0 Å². The van der Waals surface area contributed by atoms with Crippen molar-refractivity contribution in [2.45, 2.75) is 26.8 Å². The van der Waals surface area contributed by atoms with Gasteiger partial charge in [0.05, 0.1) is 0 Å². The van der Waals surface area contributed by atoms with E-state index in [0.717, 1.165) is 31.1 Å². The van der Waals surface area contributed by atoms with Crippen molar-refractivity contribution < 1.29 is 0 Å². The third-order valence-electron chi connectivity index (χ3n) is 2.98. The zero-order chi connectivity index (χ0) is 13.5. The summed E-state index contributed by atoms with van der Waals surface area (Å²) in [7, 11) is 0. The number of aryl methyl sites for hydroxylation is 1. The quantitative estimate of drug-likeness (QED) is 0.834. The largest absolute Gasteiger partial charge is 0.370 e. The second kappa shape index (κ2) is 6.73. The minimum Gasteiger partial charge on any atom is -0.370 e. The van der Waals surface area contributed by atoms with Gasteiger partial charge in [0.25, 0.3) is 0 Å². The van der Waals surface area contributed by atoms with E-state index in [-0.39, 0.29) is 0 Å². The van der Waals surface area contributed by atoms with E-state index in [1.165, 1.54) is 11.1 Å². The van der Waals surface area contributed by atoms with Gasteiger partial charge in [-0.25, -0.2) is 9.97 Å². The highest BCUT2D eigenvalue weighted by atomic mass is 15.1. The van der Waals surface area contributed by atoms with Crippen LogP contribution in [0.1, 0.15) is 25.0 Å². The Hall–Kier alpha value is -2.10. The first kappa shape index (κ1) is 13.3. The Kier molecular flexibility index (Phi) is 4.72. The Morgan fingerprint density at radius 2 is 1.63 bits per heavy atom. The van der Waals surface area contributed by atoms with Crippen LogP contribution in [-0.2, 0) is 13.0 Å². The third-order valence-corrected chi connectivity index (χ3v) is 2.98. The summed E-state index contributed by atoms with van der Waals surface area (Å²) in [6.45, 7) is 5.86. The first-order valence-corrected chi connectivity index (χ1v) is 6.70. The summed E-state index contributed by atoms with van der Waals surface area (Å²) >= 11 is 0. The minimum absolute atomic E-state index is 0.784. The van der Waals surface area contributed by atoms with Gasteiger partial charge in [0.2, 0.25) is 0 Å². The lowest BCUT2D eigenvalue weighted by atomic mass is 10.1. The number of aromatic nitrogens is 2. The smallest absolute Gasteiger partial charge is 0.131 e. The van der Waals surface area contributed by atoms with Crippen molar-refractivity contribution in [1.29, 1.82) is 0 Å². The summed E-state index contributed by atoms with van der Waals surface area (Å²) in [5.74, 6) is 1.70. The van der Waals surface area contributed by atoms with Crippen LogP contribution in [0.5, 0.6) is 0 Å². The fraction of sp³-hybridized carbons (Fsp3) is 0.333. The molecule has 2 N–H and O–H groups in total. The molecule has 0 fully saturated rings. The maximum atomic E-state index is 4.23. The molecule has 0 aliphatic rings. The normalized spacial score (nSPS) is 10.2. The Labute approximate surface area is 114 Å². The summed E-state index contributed by atoms with van der Waals surface area (Å²) in [5.41, 5.74) is 2.68. The number of nitrogens with zero attached hydrogens (tertiary/aromatic N) is 2. The molecule has 4 nitrogen and oxygen atoms in total. The molecule has 0 radical (unpaired) electrons. The Bertz CT molecular complexity index is 525. The van der Waals surface area contributed by atoms with E-state index in [1.807, 2.05) is 13.0 Å². The number of anilines is 2. The van der Waals surface area contributed by atoms with Crippen molar-refractivity contribution in [2.24, 2.45) is 0 Å². The topological polar surface area (TPSA) is 49.8 Å². The molecular formula is C15H20N4. The van der Waals surface area contributed by atoms with Crippen LogP contribution in [0.15, 0.2) is 36.7 Å². The molecule has 0 spiro atoms. The standard InChI is InChI=1S/C15H20N4/c1-3-12-7-5-6-8-13(12)10-17-15-9-14(16-4-2)18-11-19-15/h5-9,11H,3-4,10H2,1-2H3,(H2,16,17,18,19). The highest BCUT2D eigenvalue weighted by molar-refractivity contribution is 5.47. The highest BCUT2D eigenvalue weighted by Crippen LogP contribution is 2.13. The molecular weight excluding hydrogens is 236 g/mol. The fourth-order valence-electron chi connectivity index (χ4n) is 1.99. The van der Waals surface area contributed by atoms with Crippen molar-refractivity contribution >= 4 is 11.6 Å². The second-order valence-electron chi connectivity index (χ2n) is 4.29. The maximum Gasteiger partial charge on any atom is 0.131 e. The number of hydrogen-bond acceptors (Lipinski definition) is 4. The second-order valence-corrected chi connectivity index (χ2v) is 4.29. The minimum atomic E-state index is 0.784. The molecule has 0 bridgehead atoms. The van der Waals surface area contributed by atoms with Crippen LogP contribution in [0, 0.1) is 0 Å². The van der Waals surface area contributed by atoms with Crippen LogP contribution >= 0.6 is 0 Å². The van der Waals surface area contributed by atoms with Crippen LogP contribution in [0.2, 0.25) is 0 Å². The van der Waals surface area contributed by atoms with Crippen LogP contribution in [0.25, 0.3) is 0 Å². The van der Waals surface area contributed by atoms with Gasteiger partial charge in [0.15, 0.2) is 0 Å². The van der Waals surface area contributed by atoms with Crippen LogP contribution < -0.4 is 10.6 Å². The molecule has 1 aromatic carbocycles. The van der Waals surface area contributed by atoms with E-state index in [0.29, 0.717) is 0 Å². The average Bonchev–Trinajstić information content (AvgIpc) is 2.46. The van der Waals surface area contributed by atoms with Gasteiger partial charge in [0.1, 0.15) is 18.0 Å². The van der Waals surface area contributed by atoms with Crippen molar-refractivity contribution in [3.8, 4) is 0 Å². The average molecular weight is 256 g/mol. The summed E-state index contributed by atoms with van der Waals surface area (Å²) in [4.78, 5) is 8.39. The van der Waals surface area contributed by atoms with Gasteiger partial charge >= 0.3 is 0 Å². The summed E-state index contributed by atoms with van der Waals surface area (Å²) < 4.78 is 0. The zero-order valence-corrected chi connectivity index (χ0v) is 11.5. The van der Waals surface area contributed by atoms with Crippen molar-refractivity contribution in [1.82, 2.24) is 9.97 Å². The van der Waals surface area contributed by atoms with E-state index < -0.39 is 0 Å². The molecule has 0 saturated carbocycles. The van der Waals surface area contributed by atoms with E-state index >= 15 is 0 Å². The summed E-state index contributed by atoms with van der Waals surface area (Å²) in [5, 5.41) is 6.52. The molecule has 4 heteroatoms. The lowest BCUT2D eigenvalue weighted by Gasteiger charge is -2.10. The number of benzene rings is 1. The van der Waals surface area contributed by atoms with Crippen molar-refractivity contribution in [3.05, 3.63) is 47.8 Å². The SMILES string of the molecule is CCNc1cc(NCc2ccccc2CC)ncn1. The number of rotatable bonds is 6. The molecule has 100 valence electrons. The lowest BCUT2D eigenvalue weighted by Crippen LogP contribution is -2.06. The molecule has 0 saturated heterocycles. The summed E-state index contributed by atoms with van der Waals surface area (Å²) in [6, 6.07) is 10.4. The van der Waals surface area contributed by atoms with Gasteiger partial charge in [-0.15, -0.1) is 0 Å². The van der Waals surface area contributed by atoms with Gasteiger partial charge in [-0.3, -0.25) is 0 Å². The molecule has 19 heavy (non-hydrogen) atoms. The molecule has 0 amide bonds. The molecule has 1 aromatic heterocycles. The van der Waals surface area contributed by atoms with Gasteiger partial charge in [-0.1, -0.05) is 31.2 Å². The molecule has 0 atom stereocenters. The lowest BCUT2D eigenvalue weighted by molar-refractivity contribution is 1.02. The van der Waals surface area contributed by atoms with Gasteiger partial charge < -0.3 is 10.6 Å². The number of hydrogen-bond donors (Lipinski definition) is 2. The van der Waals surface area contributed by atoms with Crippen molar-refractivity contribution in [3.63, 3.8) is 0 Å². The van der Waals surface area contributed by atoms with Crippen LogP contribution in [0.4, 0.5) is 11.6 Å². The molecule has 0 aliphatic carbocycles. The monoisotopic (exact) mass is 256 g/mol. The first-order chi connectivity index (χ1) is 9.33. The molecule has 2 rings (SSSR count). The molecule has 0 aliphatic heterocycles. The van der Waals surface area contributed by atoms with Gasteiger partial charge in [-0.05, 0) is 24.5 Å². The van der Waals surface area contributed by atoms with E-state index in [1.54, 1.807) is 6.33 Å². The highest BCUT2D eigenvalue weighted by Gasteiger charge is 2.01.